The fourth-order valence-corrected chi connectivity index (χ4v) is 6.46. The van der Waals surface area contributed by atoms with Crippen LogP contribution >= 0.6 is 11.6 Å². The van der Waals surface area contributed by atoms with Gasteiger partial charge in [0.15, 0.2) is 9.84 Å². The Hall–Kier alpha value is -2.38. The van der Waals surface area contributed by atoms with Gasteiger partial charge in [-0.2, -0.15) is 0 Å². The Morgan fingerprint density at radius 3 is 2.29 bits per heavy atom. The van der Waals surface area contributed by atoms with Crippen LogP contribution in [-0.2, 0) is 25.8 Å². The molecule has 2 aromatic carbocycles. The van der Waals surface area contributed by atoms with Gasteiger partial charge in [-0.25, -0.2) is 8.42 Å². The number of hydrogen-bond acceptors (Lipinski definition) is 4. The van der Waals surface area contributed by atoms with E-state index in [0.29, 0.717) is 17.1 Å². The number of nitrogens with one attached hydrogen (secondary N) is 2. The maximum atomic E-state index is 13.2. The highest BCUT2D eigenvalue weighted by atomic mass is 35.5. The average molecular weight is 519 g/mol. The Bertz CT molecular complexity index is 1130. The normalized spacial score (nSPS) is 15.9. The van der Waals surface area contributed by atoms with Crippen LogP contribution in [0.4, 0.5) is 5.69 Å². The minimum atomic E-state index is -3.43. The van der Waals surface area contributed by atoms with Crippen LogP contribution in [0.3, 0.4) is 0 Å². The smallest absolute Gasteiger partial charge is 0.247 e. The third kappa shape index (κ3) is 8.36. The second kappa shape index (κ2) is 11.6. The molecule has 1 aliphatic rings. The number of hydrogen-bond donors (Lipinski definition) is 2. The van der Waals surface area contributed by atoms with Crippen molar-refractivity contribution < 1.29 is 18.0 Å². The maximum absolute atomic E-state index is 13.2. The second-order valence-corrected chi connectivity index (χ2v) is 13.0. The molecule has 0 spiro atoms. The van der Waals surface area contributed by atoms with E-state index in [4.69, 9.17) is 11.6 Å². The first kappa shape index (κ1) is 27.2. The molecule has 0 aromatic heterocycles. The standard InChI is InChI=1S/C27H35ClN2O4S/c1-27(2,3)18-35(33,34)23-14-12-22(13-15-23)29-26(32)24(17-19-8-7-11-21(28)16-19)30-25(31)20-9-5-4-6-10-20/h7-8,11-16,20,24H,4-6,9-10,17-18H2,1-3H3,(H,29,32)(H,30,31)/t24-/m0/s1. The molecule has 0 aliphatic heterocycles. The quantitative estimate of drug-likeness (QED) is 0.489. The predicted molar refractivity (Wildman–Crippen MR) is 140 cm³/mol. The Kier molecular flexibility index (Phi) is 9.00. The van der Waals surface area contributed by atoms with E-state index in [2.05, 4.69) is 10.6 Å². The van der Waals surface area contributed by atoms with E-state index in [1.54, 1.807) is 24.3 Å². The Morgan fingerprint density at radius 2 is 1.69 bits per heavy atom. The van der Waals surface area contributed by atoms with Crippen molar-refractivity contribution in [2.45, 2.75) is 70.2 Å². The van der Waals surface area contributed by atoms with E-state index in [-0.39, 0.29) is 33.8 Å². The molecule has 2 aromatic rings. The number of benzene rings is 2. The van der Waals surface area contributed by atoms with Gasteiger partial charge < -0.3 is 10.6 Å². The van der Waals surface area contributed by atoms with Crippen LogP contribution in [0.15, 0.2) is 53.4 Å². The molecule has 1 aliphatic carbocycles. The van der Waals surface area contributed by atoms with Gasteiger partial charge in [0.2, 0.25) is 11.8 Å². The molecule has 3 rings (SSSR count). The van der Waals surface area contributed by atoms with Crippen LogP contribution in [-0.4, -0.2) is 32.0 Å². The molecule has 35 heavy (non-hydrogen) atoms. The van der Waals surface area contributed by atoms with Crippen molar-refractivity contribution in [1.82, 2.24) is 5.32 Å². The number of carbonyl (C=O) groups excluding carboxylic acids is 2. The minimum absolute atomic E-state index is 0.0284. The molecule has 0 radical (unpaired) electrons. The molecule has 8 heteroatoms. The number of amides is 2. The first-order valence-electron chi connectivity index (χ1n) is 12.1. The van der Waals surface area contributed by atoms with Gasteiger partial charge in [0.1, 0.15) is 6.04 Å². The van der Waals surface area contributed by atoms with Crippen LogP contribution in [0.1, 0.15) is 58.4 Å². The lowest BCUT2D eigenvalue weighted by Gasteiger charge is -2.25. The summed E-state index contributed by atoms with van der Waals surface area (Å²) in [6, 6.07) is 12.6. The number of rotatable bonds is 8. The molecule has 6 nitrogen and oxygen atoms in total. The van der Waals surface area contributed by atoms with E-state index >= 15 is 0 Å². The third-order valence-corrected chi connectivity index (χ3v) is 8.51. The van der Waals surface area contributed by atoms with Crippen molar-refractivity contribution in [2.24, 2.45) is 11.3 Å². The first-order valence-corrected chi connectivity index (χ1v) is 14.1. The lowest BCUT2D eigenvalue weighted by Crippen LogP contribution is -2.47. The zero-order valence-corrected chi connectivity index (χ0v) is 22.2. The van der Waals surface area contributed by atoms with E-state index in [0.717, 1.165) is 37.7 Å². The summed E-state index contributed by atoms with van der Waals surface area (Å²) in [5, 5.41) is 6.34. The lowest BCUT2D eigenvalue weighted by molar-refractivity contribution is -0.130. The van der Waals surface area contributed by atoms with E-state index in [1.807, 2.05) is 32.9 Å². The zero-order chi connectivity index (χ0) is 25.6. The predicted octanol–water partition coefficient (Wildman–Crippen LogP) is 5.41. The summed E-state index contributed by atoms with van der Waals surface area (Å²) >= 11 is 6.12. The summed E-state index contributed by atoms with van der Waals surface area (Å²) < 4.78 is 25.3. The van der Waals surface area contributed by atoms with Crippen LogP contribution in [0.2, 0.25) is 5.02 Å². The summed E-state index contributed by atoms with van der Waals surface area (Å²) in [4.78, 5) is 26.3. The van der Waals surface area contributed by atoms with Crippen LogP contribution in [0.5, 0.6) is 0 Å². The molecule has 0 bridgehead atoms. The molecule has 1 saturated carbocycles. The molecule has 0 unspecified atom stereocenters. The van der Waals surface area contributed by atoms with Crippen molar-refractivity contribution >= 4 is 38.9 Å². The molecule has 0 heterocycles. The number of anilines is 1. The molecule has 1 fully saturated rings. The van der Waals surface area contributed by atoms with Crippen molar-refractivity contribution in [3.63, 3.8) is 0 Å². The molecular formula is C27H35ClN2O4S. The molecule has 2 amide bonds. The van der Waals surface area contributed by atoms with Crippen molar-refractivity contribution in [3.05, 3.63) is 59.1 Å². The molecule has 2 N–H and O–H groups in total. The summed E-state index contributed by atoms with van der Waals surface area (Å²) in [6.45, 7) is 5.63. The van der Waals surface area contributed by atoms with E-state index < -0.39 is 15.9 Å². The highest BCUT2D eigenvalue weighted by Crippen LogP contribution is 2.25. The average Bonchev–Trinajstić information content (AvgIpc) is 2.78. The topological polar surface area (TPSA) is 92.3 Å². The van der Waals surface area contributed by atoms with Gasteiger partial charge in [-0.05, 0) is 60.2 Å². The Balaban J connectivity index is 1.74. The van der Waals surface area contributed by atoms with Gasteiger partial charge in [0.05, 0.1) is 10.6 Å². The lowest BCUT2D eigenvalue weighted by atomic mass is 9.88. The number of halogens is 1. The summed E-state index contributed by atoms with van der Waals surface area (Å²) in [5.74, 6) is -0.513. The van der Waals surface area contributed by atoms with Gasteiger partial charge in [0, 0.05) is 23.0 Å². The van der Waals surface area contributed by atoms with Crippen molar-refractivity contribution in [3.8, 4) is 0 Å². The minimum Gasteiger partial charge on any atom is -0.344 e. The summed E-state index contributed by atoms with van der Waals surface area (Å²) in [6.07, 6.45) is 5.14. The fourth-order valence-electron chi connectivity index (χ4n) is 4.39. The Morgan fingerprint density at radius 1 is 1.03 bits per heavy atom. The van der Waals surface area contributed by atoms with Gasteiger partial charge >= 0.3 is 0 Å². The van der Waals surface area contributed by atoms with Crippen molar-refractivity contribution in [1.29, 1.82) is 0 Å². The number of sulfone groups is 1. The molecule has 190 valence electrons. The largest absolute Gasteiger partial charge is 0.344 e. The van der Waals surface area contributed by atoms with Crippen LogP contribution in [0, 0.1) is 11.3 Å². The highest BCUT2D eigenvalue weighted by Gasteiger charge is 2.28. The monoisotopic (exact) mass is 518 g/mol. The Labute approximate surface area is 213 Å². The first-order chi connectivity index (χ1) is 16.4. The van der Waals surface area contributed by atoms with E-state index in [9.17, 15) is 18.0 Å². The van der Waals surface area contributed by atoms with Crippen LogP contribution in [0.25, 0.3) is 0 Å². The molecule has 1 atom stereocenters. The maximum Gasteiger partial charge on any atom is 0.247 e. The van der Waals surface area contributed by atoms with Crippen LogP contribution < -0.4 is 10.6 Å². The van der Waals surface area contributed by atoms with Gasteiger partial charge in [0.25, 0.3) is 0 Å². The molecular weight excluding hydrogens is 484 g/mol. The summed E-state index contributed by atoms with van der Waals surface area (Å²) in [7, 11) is -3.43. The van der Waals surface area contributed by atoms with Gasteiger partial charge in [-0.3, -0.25) is 9.59 Å². The highest BCUT2D eigenvalue weighted by molar-refractivity contribution is 7.91. The fraction of sp³-hybridized carbons (Fsp3) is 0.481. The third-order valence-electron chi connectivity index (χ3n) is 6.04. The second-order valence-electron chi connectivity index (χ2n) is 10.6. The van der Waals surface area contributed by atoms with E-state index in [1.165, 1.54) is 12.1 Å². The zero-order valence-electron chi connectivity index (χ0n) is 20.6. The summed E-state index contributed by atoms with van der Waals surface area (Å²) in [5.41, 5.74) is 0.938. The van der Waals surface area contributed by atoms with Gasteiger partial charge in [-0.1, -0.05) is 63.8 Å². The SMILES string of the molecule is CC(C)(C)CS(=O)(=O)c1ccc(NC(=O)[C@H](Cc2cccc(Cl)c2)NC(=O)C2CCCCC2)cc1. The van der Waals surface area contributed by atoms with Gasteiger partial charge in [-0.15, -0.1) is 0 Å². The van der Waals surface area contributed by atoms with Crippen molar-refractivity contribution in [2.75, 3.05) is 11.1 Å². The molecule has 0 saturated heterocycles. The number of carbonyl (C=O) groups is 2.